The van der Waals surface area contributed by atoms with Crippen LogP contribution in [-0.2, 0) is 0 Å². The van der Waals surface area contributed by atoms with Gasteiger partial charge in [-0.3, -0.25) is 4.99 Å². The summed E-state index contributed by atoms with van der Waals surface area (Å²) in [6.45, 7) is 0. The number of hydrogen-bond donors (Lipinski definition) is 1. The van der Waals surface area contributed by atoms with E-state index in [1.165, 1.54) is 0 Å². The van der Waals surface area contributed by atoms with Gasteiger partial charge in [-0.1, -0.05) is 12.1 Å². The van der Waals surface area contributed by atoms with Crippen LogP contribution >= 0.6 is 0 Å². The fourth-order valence-electron chi connectivity index (χ4n) is 1.23. The third-order valence-electron chi connectivity index (χ3n) is 1.86. The maximum absolute atomic E-state index is 9.26. The van der Waals surface area contributed by atoms with Crippen LogP contribution in [0.5, 0.6) is 5.75 Å². The molecule has 64 valence electrons. The first-order chi connectivity index (χ1) is 6.36. The molecular weight excluding hydrogens is 162 g/mol. The van der Waals surface area contributed by atoms with Crippen LogP contribution in [-0.4, -0.2) is 11.3 Å². The number of rotatable bonds is 0. The van der Waals surface area contributed by atoms with Crippen molar-refractivity contribution >= 4 is 18.4 Å². The van der Waals surface area contributed by atoms with E-state index in [2.05, 4.69) is 4.99 Å². The van der Waals surface area contributed by atoms with Crippen molar-refractivity contribution in [2.24, 2.45) is 4.99 Å². The molecule has 1 N–H and O–H groups in total. The van der Waals surface area contributed by atoms with E-state index in [1.807, 2.05) is 24.3 Å². The number of hydrogen-bond acceptors (Lipinski definition) is 2. The zero-order valence-electron chi connectivity index (χ0n) is 7.01. The van der Waals surface area contributed by atoms with E-state index in [4.69, 9.17) is 0 Å². The number of aromatic hydroxyl groups is 1. The molecule has 1 aliphatic rings. The zero-order chi connectivity index (χ0) is 9.10. The molecule has 13 heavy (non-hydrogen) atoms. The molecule has 2 rings (SSSR count). The fourth-order valence-corrected chi connectivity index (χ4v) is 1.23. The predicted octanol–water partition coefficient (Wildman–Crippen LogP) is 2.46. The van der Waals surface area contributed by atoms with Crippen molar-refractivity contribution < 1.29 is 5.11 Å². The molecule has 0 saturated heterocycles. The minimum Gasteiger partial charge on any atom is -0.508 e. The average Bonchev–Trinajstić information content (AvgIpc) is 2.08. The largest absolute Gasteiger partial charge is 0.508 e. The molecular formula is C11H9NO. The van der Waals surface area contributed by atoms with Crippen molar-refractivity contribution in [2.75, 3.05) is 0 Å². The Balaban J connectivity index is 2.56. The molecule has 1 heterocycles. The Bertz CT molecular complexity index is 403. The maximum Gasteiger partial charge on any atom is 0.116 e. The molecule has 2 nitrogen and oxygen atoms in total. The van der Waals surface area contributed by atoms with Crippen molar-refractivity contribution in [3.8, 4) is 5.75 Å². The lowest BCUT2D eigenvalue weighted by atomic mass is 10.1. The lowest BCUT2D eigenvalue weighted by Crippen LogP contribution is -1.82. The van der Waals surface area contributed by atoms with Gasteiger partial charge in [0.25, 0.3) is 0 Å². The Morgan fingerprint density at radius 2 is 2.00 bits per heavy atom. The predicted molar refractivity (Wildman–Crippen MR) is 54.7 cm³/mol. The van der Waals surface area contributed by atoms with Crippen molar-refractivity contribution in [3.63, 3.8) is 0 Å². The molecule has 0 bridgehead atoms. The van der Waals surface area contributed by atoms with E-state index in [-0.39, 0.29) is 5.75 Å². The maximum atomic E-state index is 9.26. The lowest BCUT2D eigenvalue weighted by molar-refractivity contribution is 0.475. The third-order valence-corrected chi connectivity index (χ3v) is 1.86. The molecule has 0 unspecified atom stereocenters. The van der Waals surface area contributed by atoms with E-state index in [0.29, 0.717) is 0 Å². The number of aliphatic imine (C=N–C) groups is 1. The Morgan fingerprint density at radius 1 is 1.08 bits per heavy atom. The number of benzene rings is 1. The Kier molecular flexibility index (Phi) is 1.96. The van der Waals surface area contributed by atoms with Gasteiger partial charge in [0.05, 0.1) is 0 Å². The summed E-state index contributed by atoms with van der Waals surface area (Å²) in [5.74, 6) is 0.286. The highest BCUT2D eigenvalue weighted by atomic mass is 16.3. The molecule has 1 aromatic rings. The smallest absolute Gasteiger partial charge is 0.116 e. The van der Waals surface area contributed by atoms with Gasteiger partial charge >= 0.3 is 0 Å². The van der Waals surface area contributed by atoms with Crippen LogP contribution in [0.3, 0.4) is 0 Å². The van der Waals surface area contributed by atoms with Crippen molar-refractivity contribution in [1.29, 1.82) is 0 Å². The molecule has 0 amide bonds. The van der Waals surface area contributed by atoms with Gasteiger partial charge in [-0.05, 0) is 35.4 Å². The average molecular weight is 171 g/mol. The zero-order valence-corrected chi connectivity index (χ0v) is 7.01. The van der Waals surface area contributed by atoms with Crippen LogP contribution in [0, 0.1) is 0 Å². The Morgan fingerprint density at radius 3 is 2.92 bits per heavy atom. The molecule has 2 heteroatoms. The van der Waals surface area contributed by atoms with E-state index in [9.17, 15) is 5.11 Å². The minimum atomic E-state index is 0.286. The summed E-state index contributed by atoms with van der Waals surface area (Å²) in [4.78, 5) is 4.00. The monoisotopic (exact) mass is 171 g/mol. The summed E-state index contributed by atoms with van der Waals surface area (Å²) in [6.07, 6.45) is 9.13. The normalized spacial score (nSPS) is 13.5. The molecule has 0 aromatic heterocycles. The van der Waals surface area contributed by atoms with Crippen LogP contribution in [0.4, 0.5) is 0 Å². The molecule has 1 aromatic carbocycles. The standard InChI is InChI=1S/C11H9NO/c13-11-4-3-9-5-7-12-6-1-2-10(9)8-11/h1-8,13H. The molecule has 0 radical (unpaired) electrons. The van der Waals surface area contributed by atoms with Crippen LogP contribution in [0.1, 0.15) is 11.1 Å². The first kappa shape index (κ1) is 7.80. The van der Waals surface area contributed by atoms with Crippen LogP contribution in [0.25, 0.3) is 12.2 Å². The van der Waals surface area contributed by atoms with Gasteiger partial charge in [-0.15, -0.1) is 0 Å². The summed E-state index contributed by atoms with van der Waals surface area (Å²) in [5, 5.41) is 9.26. The SMILES string of the molecule is Oc1ccc2c(c1)C=CC=NC=C2. The van der Waals surface area contributed by atoms with Gasteiger partial charge < -0.3 is 5.11 Å². The number of fused-ring (bicyclic) bond motifs is 1. The summed E-state index contributed by atoms with van der Waals surface area (Å²) >= 11 is 0. The molecule has 0 aliphatic carbocycles. The van der Waals surface area contributed by atoms with Crippen molar-refractivity contribution in [1.82, 2.24) is 0 Å². The minimum absolute atomic E-state index is 0.286. The number of phenolic OH excluding ortho intramolecular Hbond substituents is 1. The number of phenols is 1. The fraction of sp³-hybridized carbons (Fsp3) is 0. The topological polar surface area (TPSA) is 32.6 Å². The Hall–Kier alpha value is -1.83. The molecule has 0 atom stereocenters. The van der Waals surface area contributed by atoms with E-state index in [1.54, 1.807) is 24.5 Å². The molecule has 1 aliphatic heterocycles. The van der Waals surface area contributed by atoms with Gasteiger partial charge in [0.1, 0.15) is 5.75 Å². The highest BCUT2D eigenvalue weighted by molar-refractivity contribution is 5.82. The van der Waals surface area contributed by atoms with Crippen LogP contribution in [0.2, 0.25) is 0 Å². The second-order valence-corrected chi connectivity index (χ2v) is 2.79. The van der Waals surface area contributed by atoms with Crippen molar-refractivity contribution in [2.45, 2.75) is 0 Å². The highest BCUT2D eigenvalue weighted by Crippen LogP contribution is 2.19. The number of nitrogens with zero attached hydrogens (tertiary/aromatic N) is 1. The van der Waals surface area contributed by atoms with E-state index in [0.717, 1.165) is 11.1 Å². The quantitative estimate of drug-likeness (QED) is 0.639. The number of allylic oxidation sites excluding steroid dienone is 1. The summed E-state index contributed by atoms with van der Waals surface area (Å²) in [6, 6.07) is 5.27. The lowest BCUT2D eigenvalue weighted by Gasteiger charge is -2.02. The van der Waals surface area contributed by atoms with Crippen LogP contribution in [0.15, 0.2) is 35.5 Å². The molecule has 0 saturated carbocycles. The Labute approximate surface area is 76.6 Å². The first-order valence-electron chi connectivity index (χ1n) is 4.06. The van der Waals surface area contributed by atoms with Crippen LogP contribution < -0.4 is 0 Å². The van der Waals surface area contributed by atoms with Gasteiger partial charge in [-0.25, -0.2) is 0 Å². The summed E-state index contributed by atoms with van der Waals surface area (Å²) in [7, 11) is 0. The van der Waals surface area contributed by atoms with Gasteiger partial charge in [0.15, 0.2) is 0 Å². The third kappa shape index (κ3) is 1.67. The summed E-state index contributed by atoms with van der Waals surface area (Å²) in [5.41, 5.74) is 2.06. The van der Waals surface area contributed by atoms with Gasteiger partial charge in [0.2, 0.25) is 0 Å². The van der Waals surface area contributed by atoms with Gasteiger partial charge in [-0.2, -0.15) is 0 Å². The second kappa shape index (κ2) is 3.27. The molecule has 0 spiro atoms. The van der Waals surface area contributed by atoms with Crippen molar-refractivity contribution in [3.05, 3.63) is 41.6 Å². The second-order valence-electron chi connectivity index (χ2n) is 2.79. The molecule has 0 fully saturated rings. The van der Waals surface area contributed by atoms with E-state index < -0.39 is 0 Å². The summed E-state index contributed by atoms with van der Waals surface area (Å²) < 4.78 is 0. The van der Waals surface area contributed by atoms with Gasteiger partial charge in [0, 0.05) is 12.4 Å². The first-order valence-corrected chi connectivity index (χ1v) is 4.06. The van der Waals surface area contributed by atoms with E-state index >= 15 is 0 Å². The highest BCUT2D eigenvalue weighted by Gasteiger charge is 1.97.